The van der Waals surface area contributed by atoms with E-state index in [-0.39, 0.29) is 12.2 Å². The van der Waals surface area contributed by atoms with Gasteiger partial charge in [0.1, 0.15) is 18.0 Å². The summed E-state index contributed by atoms with van der Waals surface area (Å²) in [5, 5.41) is 9.47. The molecule has 0 atom stereocenters. The summed E-state index contributed by atoms with van der Waals surface area (Å²) in [4.78, 5) is 17.0. The summed E-state index contributed by atoms with van der Waals surface area (Å²) in [6, 6.07) is 0. The highest BCUT2D eigenvalue weighted by Crippen LogP contribution is 2.32. The average molecular weight is 271 g/mol. The van der Waals surface area contributed by atoms with E-state index in [1.165, 1.54) is 11.5 Å². The number of hydrogen-bond acceptors (Lipinski definition) is 6. The first-order valence-corrected chi connectivity index (χ1v) is 6.61. The van der Waals surface area contributed by atoms with Gasteiger partial charge < -0.3 is 14.7 Å². The van der Waals surface area contributed by atoms with Crippen LogP contribution in [0, 0.1) is 0 Å². The van der Waals surface area contributed by atoms with Crippen molar-refractivity contribution in [2.24, 2.45) is 0 Å². The molecule has 0 unspecified atom stereocenters. The van der Waals surface area contributed by atoms with Crippen LogP contribution in [-0.4, -0.2) is 45.7 Å². The third-order valence-electron chi connectivity index (χ3n) is 2.81. The standard InChI is InChI=1S/C11H17N3O3S/c1-7(2)9-12-10(18-13-9)14-5-11(3,6-14)17-4-8(15)16/h7H,4-6H2,1-3H3,(H,15,16). The first kappa shape index (κ1) is 13.2. The van der Waals surface area contributed by atoms with Crippen LogP contribution in [0.3, 0.4) is 0 Å². The topological polar surface area (TPSA) is 75.6 Å². The molecule has 7 heteroatoms. The van der Waals surface area contributed by atoms with E-state index < -0.39 is 5.97 Å². The van der Waals surface area contributed by atoms with Gasteiger partial charge in [0.05, 0.1) is 13.1 Å². The van der Waals surface area contributed by atoms with Crippen LogP contribution in [0.1, 0.15) is 32.5 Å². The summed E-state index contributed by atoms with van der Waals surface area (Å²) in [6.45, 7) is 7.10. The molecule has 100 valence electrons. The van der Waals surface area contributed by atoms with Gasteiger partial charge in [-0.25, -0.2) is 9.78 Å². The number of carboxylic acids is 1. The molecule has 1 saturated heterocycles. The molecule has 2 rings (SSSR count). The zero-order valence-corrected chi connectivity index (χ0v) is 11.5. The zero-order valence-electron chi connectivity index (χ0n) is 10.7. The Hall–Kier alpha value is -1.21. The number of carboxylic acid groups (broad SMARTS) is 1. The van der Waals surface area contributed by atoms with Crippen LogP contribution in [0.15, 0.2) is 0 Å². The van der Waals surface area contributed by atoms with Gasteiger partial charge in [-0.1, -0.05) is 13.8 Å². The highest BCUT2D eigenvalue weighted by molar-refractivity contribution is 7.09. The lowest BCUT2D eigenvalue weighted by Gasteiger charge is -2.46. The second-order valence-electron chi connectivity index (χ2n) is 5.08. The predicted molar refractivity (Wildman–Crippen MR) is 68.2 cm³/mol. The van der Waals surface area contributed by atoms with Gasteiger partial charge in [0.25, 0.3) is 0 Å². The lowest BCUT2D eigenvalue weighted by Crippen LogP contribution is -2.62. The normalized spacial score (nSPS) is 17.9. The van der Waals surface area contributed by atoms with E-state index in [9.17, 15) is 4.79 Å². The Morgan fingerprint density at radius 2 is 2.28 bits per heavy atom. The number of aromatic nitrogens is 2. The molecule has 0 amide bonds. The maximum atomic E-state index is 10.5. The Kier molecular flexibility index (Phi) is 3.54. The van der Waals surface area contributed by atoms with Crippen LogP contribution in [-0.2, 0) is 9.53 Å². The van der Waals surface area contributed by atoms with Gasteiger partial charge in [0, 0.05) is 17.5 Å². The van der Waals surface area contributed by atoms with Crippen molar-refractivity contribution in [3.8, 4) is 0 Å². The third kappa shape index (κ3) is 2.78. The van der Waals surface area contributed by atoms with Gasteiger partial charge in [-0.05, 0) is 6.92 Å². The number of anilines is 1. The Morgan fingerprint density at radius 3 is 2.78 bits per heavy atom. The van der Waals surface area contributed by atoms with E-state index in [2.05, 4.69) is 28.1 Å². The fourth-order valence-corrected chi connectivity index (χ4v) is 2.62. The second kappa shape index (κ2) is 4.81. The minimum absolute atomic E-state index is 0.252. The van der Waals surface area contributed by atoms with E-state index >= 15 is 0 Å². The van der Waals surface area contributed by atoms with Crippen molar-refractivity contribution in [1.82, 2.24) is 9.36 Å². The summed E-state index contributed by atoms with van der Waals surface area (Å²) in [5.41, 5.74) is -0.387. The van der Waals surface area contributed by atoms with Crippen LogP contribution in [0.4, 0.5) is 5.13 Å². The first-order chi connectivity index (χ1) is 8.39. The van der Waals surface area contributed by atoms with Crippen molar-refractivity contribution in [2.75, 3.05) is 24.6 Å². The maximum absolute atomic E-state index is 10.5. The van der Waals surface area contributed by atoms with Crippen LogP contribution in [0.2, 0.25) is 0 Å². The summed E-state index contributed by atoms with van der Waals surface area (Å²) in [6.07, 6.45) is 0. The summed E-state index contributed by atoms with van der Waals surface area (Å²) < 4.78 is 9.64. The Labute approximate surface area is 110 Å². The molecular weight excluding hydrogens is 254 g/mol. The van der Waals surface area contributed by atoms with Gasteiger partial charge >= 0.3 is 5.97 Å². The molecule has 1 N–H and O–H groups in total. The fraction of sp³-hybridized carbons (Fsp3) is 0.727. The SMILES string of the molecule is CC(C)c1nsc(N2CC(C)(OCC(=O)O)C2)n1. The lowest BCUT2D eigenvalue weighted by atomic mass is 9.97. The molecule has 0 bridgehead atoms. The molecule has 0 aliphatic carbocycles. The van der Waals surface area contributed by atoms with Gasteiger partial charge in [-0.15, -0.1) is 0 Å². The van der Waals surface area contributed by atoms with Gasteiger partial charge in [0.15, 0.2) is 0 Å². The molecule has 1 aromatic rings. The van der Waals surface area contributed by atoms with Crippen molar-refractivity contribution in [1.29, 1.82) is 0 Å². The highest BCUT2D eigenvalue weighted by Gasteiger charge is 2.41. The molecule has 0 aromatic carbocycles. The number of carbonyl (C=O) groups is 1. The third-order valence-corrected chi connectivity index (χ3v) is 3.60. The molecule has 0 radical (unpaired) electrons. The van der Waals surface area contributed by atoms with Gasteiger partial charge in [-0.2, -0.15) is 4.37 Å². The monoisotopic (exact) mass is 271 g/mol. The smallest absolute Gasteiger partial charge is 0.329 e. The molecule has 6 nitrogen and oxygen atoms in total. The average Bonchev–Trinajstić information content (AvgIpc) is 2.71. The fourth-order valence-electron chi connectivity index (χ4n) is 1.81. The number of aliphatic carboxylic acids is 1. The summed E-state index contributed by atoms with van der Waals surface area (Å²) in [5.74, 6) is 0.244. The number of nitrogens with zero attached hydrogens (tertiary/aromatic N) is 3. The van der Waals surface area contributed by atoms with Crippen LogP contribution < -0.4 is 4.90 Å². The van der Waals surface area contributed by atoms with Gasteiger partial charge in [-0.3, -0.25) is 0 Å². The summed E-state index contributed by atoms with van der Waals surface area (Å²) in [7, 11) is 0. The van der Waals surface area contributed by atoms with E-state index in [0.717, 1.165) is 11.0 Å². The van der Waals surface area contributed by atoms with E-state index in [1.54, 1.807) is 0 Å². The quantitative estimate of drug-likeness (QED) is 0.871. The van der Waals surface area contributed by atoms with Crippen molar-refractivity contribution in [3.63, 3.8) is 0 Å². The largest absolute Gasteiger partial charge is 0.480 e. The second-order valence-corrected chi connectivity index (χ2v) is 5.81. The molecule has 18 heavy (non-hydrogen) atoms. The minimum Gasteiger partial charge on any atom is -0.480 e. The van der Waals surface area contributed by atoms with Crippen molar-refractivity contribution < 1.29 is 14.6 Å². The van der Waals surface area contributed by atoms with Gasteiger partial charge in [0.2, 0.25) is 5.13 Å². The molecule has 1 fully saturated rings. The molecular formula is C11H17N3O3S. The van der Waals surface area contributed by atoms with Crippen molar-refractivity contribution in [2.45, 2.75) is 32.3 Å². The molecule has 2 heterocycles. The molecule has 1 aliphatic heterocycles. The Bertz CT molecular complexity index is 440. The highest BCUT2D eigenvalue weighted by atomic mass is 32.1. The first-order valence-electron chi connectivity index (χ1n) is 5.84. The van der Waals surface area contributed by atoms with E-state index in [0.29, 0.717) is 19.0 Å². The predicted octanol–water partition coefficient (Wildman–Crippen LogP) is 1.34. The number of ether oxygens (including phenoxy) is 1. The molecule has 1 aliphatic rings. The molecule has 0 spiro atoms. The maximum Gasteiger partial charge on any atom is 0.329 e. The van der Waals surface area contributed by atoms with E-state index in [1.807, 2.05) is 6.92 Å². The summed E-state index contributed by atoms with van der Waals surface area (Å²) >= 11 is 1.38. The Balaban J connectivity index is 1.89. The minimum atomic E-state index is -0.937. The van der Waals surface area contributed by atoms with E-state index in [4.69, 9.17) is 9.84 Å². The van der Waals surface area contributed by atoms with Crippen LogP contribution in [0.5, 0.6) is 0 Å². The molecule has 1 aromatic heterocycles. The van der Waals surface area contributed by atoms with Crippen LogP contribution >= 0.6 is 11.5 Å². The van der Waals surface area contributed by atoms with Crippen LogP contribution in [0.25, 0.3) is 0 Å². The van der Waals surface area contributed by atoms with Crippen molar-refractivity contribution >= 4 is 22.6 Å². The lowest BCUT2D eigenvalue weighted by molar-refractivity contribution is -0.150. The number of hydrogen-bond donors (Lipinski definition) is 1. The Morgan fingerprint density at radius 1 is 1.61 bits per heavy atom. The van der Waals surface area contributed by atoms with Crippen molar-refractivity contribution in [3.05, 3.63) is 5.82 Å². The zero-order chi connectivity index (χ0) is 13.3. The molecule has 0 saturated carbocycles. The number of rotatable bonds is 5.